The molecule has 0 radical (unpaired) electrons. The van der Waals surface area contributed by atoms with E-state index in [4.69, 9.17) is 9.47 Å². The van der Waals surface area contributed by atoms with Crippen molar-refractivity contribution >= 4 is 5.91 Å². The Kier molecular flexibility index (Phi) is 19.9. The minimum Gasteiger partial charge on any atom is -0.383 e. The predicted octanol–water partition coefficient (Wildman–Crippen LogP) is 3.49. The van der Waals surface area contributed by atoms with Gasteiger partial charge in [0, 0.05) is 34.2 Å². The number of hydrogen-bond acceptors (Lipinski definition) is 3. The summed E-state index contributed by atoms with van der Waals surface area (Å²) in [7, 11) is 3.24. The lowest BCUT2D eigenvalue weighted by atomic mass is 10.1. The molecule has 4 nitrogen and oxygen atoms in total. The van der Waals surface area contributed by atoms with Crippen molar-refractivity contribution in [3.63, 3.8) is 0 Å². The first-order valence-corrected chi connectivity index (χ1v) is 7.87. The van der Waals surface area contributed by atoms with Crippen molar-refractivity contribution in [2.45, 2.75) is 59.3 Å². The van der Waals surface area contributed by atoms with Gasteiger partial charge in [0.1, 0.15) is 0 Å². The van der Waals surface area contributed by atoms with Crippen LogP contribution in [0.3, 0.4) is 0 Å². The first-order valence-electron chi connectivity index (χ1n) is 7.87. The van der Waals surface area contributed by atoms with Gasteiger partial charge in [-0.2, -0.15) is 0 Å². The monoisotopic (exact) mass is 289 g/mol. The number of carbonyl (C=O) groups is 1. The maximum Gasteiger partial charge on any atom is 0.219 e. The lowest BCUT2D eigenvalue weighted by Gasteiger charge is -2.19. The molecule has 0 spiro atoms. The van der Waals surface area contributed by atoms with Gasteiger partial charge in [-0.05, 0) is 0 Å². The molecule has 0 N–H and O–H groups in total. The van der Waals surface area contributed by atoms with Crippen LogP contribution >= 0.6 is 0 Å². The maximum absolute atomic E-state index is 11.0. The Hall–Kier alpha value is -0.610. The highest BCUT2D eigenvalue weighted by Crippen LogP contribution is 2.03. The molecule has 0 aromatic rings. The topological polar surface area (TPSA) is 38.8 Å². The Morgan fingerprint density at radius 3 is 1.50 bits per heavy atom. The van der Waals surface area contributed by atoms with Crippen LogP contribution in [0.5, 0.6) is 0 Å². The SMILES string of the molecule is CCCCCCCC.COCCN(CCOC)C(C)=O. The molecule has 0 aromatic heterocycles. The average Bonchev–Trinajstić information content (AvgIpc) is 2.44. The molecule has 0 fully saturated rings. The highest BCUT2D eigenvalue weighted by atomic mass is 16.5. The highest BCUT2D eigenvalue weighted by Gasteiger charge is 2.06. The van der Waals surface area contributed by atoms with Gasteiger partial charge in [-0.15, -0.1) is 0 Å². The third-order valence-corrected chi connectivity index (χ3v) is 3.03. The van der Waals surface area contributed by atoms with Gasteiger partial charge in [0.05, 0.1) is 13.2 Å². The van der Waals surface area contributed by atoms with E-state index in [1.54, 1.807) is 26.0 Å². The van der Waals surface area contributed by atoms with E-state index in [-0.39, 0.29) is 5.91 Å². The van der Waals surface area contributed by atoms with Gasteiger partial charge in [0.25, 0.3) is 0 Å². The lowest BCUT2D eigenvalue weighted by molar-refractivity contribution is -0.130. The van der Waals surface area contributed by atoms with Crippen LogP contribution in [-0.4, -0.2) is 51.3 Å². The summed E-state index contributed by atoms with van der Waals surface area (Å²) in [6.45, 7) is 8.47. The molecule has 1 amide bonds. The van der Waals surface area contributed by atoms with Crippen LogP contribution in [-0.2, 0) is 14.3 Å². The van der Waals surface area contributed by atoms with Crippen molar-refractivity contribution in [2.24, 2.45) is 0 Å². The van der Waals surface area contributed by atoms with E-state index in [0.29, 0.717) is 26.3 Å². The molecule has 0 saturated carbocycles. The van der Waals surface area contributed by atoms with Crippen molar-refractivity contribution in [1.82, 2.24) is 4.90 Å². The van der Waals surface area contributed by atoms with E-state index >= 15 is 0 Å². The second kappa shape index (κ2) is 18.4. The molecule has 20 heavy (non-hydrogen) atoms. The Morgan fingerprint density at radius 2 is 1.25 bits per heavy atom. The maximum atomic E-state index is 11.0. The molecule has 0 aliphatic rings. The zero-order chi connectivity index (χ0) is 15.6. The summed E-state index contributed by atoms with van der Waals surface area (Å²) in [5.74, 6) is 0.0594. The van der Waals surface area contributed by atoms with Gasteiger partial charge in [0.15, 0.2) is 0 Å². The molecular weight excluding hydrogens is 254 g/mol. The Balaban J connectivity index is 0. The number of carbonyl (C=O) groups excluding carboxylic acids is 1. The van der Waals surface area contributed by atoms with Crippen molar-refractivity contribution < 1.29 is 14.3 Å². The van der Waals surface area contributed by atoms with E-state index < -0.39 is 0 Å². The molecule has 122 valence electrons. The van der Waals surface area contributed by atoms with E-state index in [2.05, 4.69) is 13.8 Å². The van der Waals surface area contributed by atoms with E-state index in [0.717, 1.165) is 0 Å². The summed E-state index contributed by atoms with van der Waals surface area (Å²) in [5.41, 5.74) is 0. The fourth-order valence-corrected chi connectivity index (χ4v) is 1.68. The zero-order valence-corrected chi connectivity index (χ0v) is 14.2. The van der Waals surface area contributed by atoms with Crippen LogP contribution in [0.1, 0.15) is 59.3 Å². The highest BCUT2D eigenvalue weighted by molar-refractivity contribution is 5.73. The number of amides is 1. The number of ether oxygens (including phenoxy) is 2. The zero-order valence-electron chi connectivity index (χ0n) is 14.2. The van der Waals surface area contributed by atoms with Gasteiger partial charge in [0.2, 0.25) is 5.91 Å². The molecule has 0 aliphatic heterocycles. The van der Waals surface area contributed by atoms with Crippen molar-refractivity contribution in [3.05, 3.63) is 0 Å². The van der Waals surface area contributed by atoms with Gasteiger partial charge in [-0.25, -0.2) is 0 Å². The normalized spacial score (nSPS) is 9.85. The van der Waals surface area contributed by atoms with Crippen LogP contribution in [0.25, 0.3) is 0 Å². The second-order valence-corrected chi connectivity index (χ2v) is 4.91. The largest absolute Gasteiger partial charge is 0.383 e. The summed E-state index contributed by atoms with van der Waals surface area (Å²) in [5, 5.41) is 0. The Bertz CT molecular complexity index is 184. The number of hydrogen-bond donors (Lipinski definition) is 0. The van der Waals surface area contributed by atoms with Gasteiger partial charge < -0.3 is 14.4 Å². The smallest absolute Gasteiger partial charge is 0.219 e. The van der Waals surface area contributed by atoms with Gasteiger partial charge >= 0.3 is 0 Å². The number of nitrogens with zero attached hydrogens (tertiary/aromatic N) is 1. The Morgan fingerprint density at radius 1 is 0.850 bits per heavy atom. The van der Waals surface area contributed by atoms with Crippen LogP contribution in [0, 0.1) is 0 Å². The first kappa shape index (κ1) is 21.7. The molecule has 4 heteroatoms. The average molecular weight is 289 g/mol. The second-order valence-electron chi connectivity index (χ2n) is 4.91. The molecule has 0 aliphatic carbocycles. The Labute approximate surface area is 125 Å². The fourth-order valence-electron chi connectivity index (χ4n) is 1.68. The fraction of sp³-hybridized carbons (Fsp3) is 0.938. The van der Waals surface area contributed by atoms with E-state index in [1.807, 2.05) is 0 Å². The van der Waals surface area contributed by atoms with Gasteiger partial charge in [-0.1, -0.05) is 52.4 Å². The van der Waals surface area contributed by atoms with Crippen LogP contribution < -0.4 is 0 Å². The molecule has 0 heterocycles. The summed E-state index contributed by atoms with van der Waals surface area (Å²) >= 11 is 0. The third kappa shape index (κ3) is 17.4. The van der Waals surface area contributed by atoms with Gasteiger partial charge in [-0.3, -0.25) is 4.79 Å². The number of rotatable bonds is 11. The quantitative estimate of drug-likeness (QED) is 0.546. The van der Waals surface area contributed by atoms with Crippen molar-refractivity contribution in [2.75, 3.05) is 40.5 Å². The third-order valence-electron chi connectivity index (χ3n) is 3.03. The lowest BCUT2D eigenvalue weighted by Crippen LogP contribution is -2.34. The minimum atomic E-state index is 0.0594. The summed E-state index contributed by atoms with van der Waals surface area (Å²) in [6, 6.07) is 0. The molecule has 0 aromatic carbocycles. The summed E-state index contributed by atoms with van der Waals surface area (Å²) < 4.78 is 9.74. The molecule has 0 unspecified atom stereocenters. The molecular formula is C16H35NO3. The molecule has 0 saturated heterocycles. The molecule has 0 rings (SSSR count). The first-order chi connectivity index (χ1) is 9.63. The van der Waals surface area contributed by atoms with Crippen LogP contribution in [0.4, 0.5) is 0 Å². The standard InChI is InChI=1S/C8H17NO3.C8H18/c1-8(10)9(4-6-11-2)5-7-12-3;1-3-5-7-8-6-4-2/h4-7H2,1-3H3;3-8H2,1-2H3. The van der Waals surface area contributed by atoms with E-state index in [9.17, 15) is 4.79 Å². The van der Waals surface area contributed by atoms with Crippen molar-refractivity contribution in [1.29, 1.82) is 0 Å². The van der Waals surface area contributed by atoms with Crippen LogP contribution in [0.2, 0.25) is 0 Å². The summed E-state index contributed by atoms with van der Waals surface area (Å²) in [4.78, 5) is 12.7. The van der Waals surface area contributed by atoms with Crippen LogP contribution in [0.15, 0.2) is 0 Å². The predicted molar refractivity (Wildman–Crippen MR) is 85.1 cm³/mol. The number of unbranched alkanes of at least 4 members (excludes halogenated alkanes) is 5. The minimum absolute atomic E-state index is 0.0594. The van der Waals surface area contributed by atoms with Crippen molar-refractivity contribution in [3.8, 4) is 0 Å². The summed E-state index contributed by atoms with van der Waals surface area (Å²) in [6.07, 6.45) is 8.49. The number of methoxy groups -OCH3 is 2. The molecule has 0 bridgehead atoms. The molecule has 0 atom stereocenters. The van der Waals surface area contributed by atoms with E-state index in [1.165, 1.54) is 38.5 Å².